The molecule has 1 aromatic rings. The van der Waals surface area contributed by atoms with E-state index in [9.17, 15) is 4.79 Å². The number of anilines is 1. The highest BCUT2D eigenvalue weighted by molar-refractivity contribution is 7.80. The zero-order valence-corrected chi connectivity index (χ0v) is 12.1. The van der Waals surface area contributed by atoms with E-state index in [-0.39, 0.29) is 24.9 Å². The Bertz CT molecular complexity index is 470. The van der Waals surface area contributed by atoms with E-state index in [0.717, 1.165) is 13.1 Å². The standard InChI is InChI=1S/C12H15N3O2S.ClH/c1-17-10-5-3-2-4-9(10)14-11(16)8-15-7-6-13-12(15)18;/h2-5H,6-8H2,1H3,(H,13,18)(H,14,16);1H. The van der Waals surface area contributed by atoms with Crippen molar-refractivity contribution in [3.05, 3.63) is 24.3 Å². The van der Waals surface area contributed by atoms with E-state index in [0.29, 0.717) is 16.5 Å². The molecule has 104 valence electrons. The minimum absolute atomic E-state index is 0. The van der Waals surface area contributed by atoms with Crippen LogP contribution in [-0.4, -0.2) is 42.7 Å². The van der Waals surface area contributed by atoms with Gasteiger partial charge >= 0.3 is 0 Å². The van der Waals surface area contributed by atoms with E-state index < -0.39 is 0 Å². The molecule has 0 atom stereocenters. The minimum Gasteiger partial charge on any atom is -0.495 e. The van der Waals surface area contributed by atoms with Crippen LogP contribution >= 0.6 is 24.6 Å². The van der Waals surface area contributed by atoms with Crippen LogP contribution in [0.25, 0.3) is 0 Å². The summed E-state index contributed by atoms with van der Waals surface area (Å²) < 4.78 is 5.17. The van der Waals surface area contributed by atoms with Gasteiger partial charge in [0.1, 0.15) is 5.75 Å². The summed E-state index contributed by atoms with van der Waals surface area (Å²) in [6, 6.07) is 7.31. The van der Waals surface area contributed by atoms with Gasteiger partial charge in [-0.3, -0.25) is 4.79 Å². The summed E-state index contributed by atoms with van der Waals surface area (Å²) in [5, 5.41) is 6.46. The number of halogens is 1. The fourth-order valence-corrected chi connectivity index (χ4v) is 2.03. The lowest BCUT2D eigenvalue weighted by molar-refractivity contribution is -0.116. The number of carbonyl (C=O) groups is 1. The molecule has 0 aliphatic carbocycles. The van der Waals surface area contributed by atoms with Crippen molar-refractivity contribution in [2.24, 2.45) is 0 Å². The van der Waals surface area contributed by atoms with Gasteiger partial charge in [-0.15, -0.1) is 12.4 Å². The number of rotatable bonds is 4. The first-order valence-electron chi connectivity index (χ1n) is 5.66. The quantitative estimate of drug-likeness (QED) is 0.820. The van der Waals surface area contributed by atoms with Gasteiger partial charge < -0.3 is 20.3 Å². The molecule has 1 fully saturated rings. The molecule has 5 nitrogen and oxygen atoms in total. The Morgan fingerprint density at radius 2 is 2.26 bits per heavy atom. The minimum atomic E-state index is -0.106. The van der Waals surface area contributed by atoms with Crippen LogP contribution in [0.1, 0.15) is 0 Å². The molecular formula is C12H16ClN3O2S. The number of carbonyl (C=O) groups excluding carboxylic acids is 1. The lowest BCUT2D eigenvalue weighted by Crippen LogP contribution is -2.35. The van der Waals surface area contributed by atoms with Crippen molar-refractivity contribution in [1.29, 1.82) is 0 Å². The molecule has 2 rings (SSSR count). The van der Waals surface area contributed by atoms with Crippen LogP contribution in [0.4, 0.5) is 5.69 Å². The molecule has 1 saturated heterocycles. The number of amides is 1. The zero-order valence-electron chi connectivity index (χ0n) is 10.5. The third-order valence-electron chi connectivity index (χ3n) is 2.66. The van der Waals surface area contributed by atoms with Gasteiger partial charge in [0.25, 0.3) is 0 Å². The highest BCUT2D eigenvalue weighted by Crippen LogP contribution is 2.22. The Morgan fingerprint density at radius 1 is 1.53 bits per heavy atom. The lowest BCUT2D eigenvalue weighted by atomic mass is 10.3. The second-order valence-corrected chi connectivity index (χ2v) is 4.29. The van der Waals surface area contributed by atoms with Gasteiger partial charge in [-0.05, 0) is 24.4 Å². The van der Waals surface area contributed by atoms with Crippen molar-refractivity contribution in [3.8, 4) is 5.75 Å². The Hall–Kier alpha value is -1.53. The maximum Gasteiger partial charge on any atom is 0.244 e. The first-order valence-corrected chi connectivity index (χ1v) is 6.07. The van der Waals surface area contributed by atoms with Gasteiger partial charge in [-0.1, -0.05) is 12.1 Å². The maximum absolute atomic E-state index is 11.9. The molecular weight excluding hydrogens is 286 g/mol. The van der Waals surface area contributed by atoms with Gasteiger partial charge in [0.05, 0.1) is 19.3 Å². The fraction of sp³-hybridized carbons (Fsp3) is 0.333. The van der Waals surface area contributed by atoms with Crippen molar-refractivity contribution in [3.63, 3.8) is 0 Å². The molecule has 1 aliphatic rings. The SMILES string of the molecule is COc1ccccc1NC(=O)CN1CCNC1=S.Cl. The van der Waals surface area contributed by atoms with Crippen LogP contribution in [0.15, 0.2) is 24.3 Å². The highest BCUT2D eigenvalue weighted by Gasteiger charge is 2.19. The Kier molecular flexibility index (Phi) is 5.85. The molecule has 0 unspecified atom stereocenters. The summed E-state index contributed by atoms with van der Waals surface area (Å²) in [6.45, 7) is 1.81. The average molecular weight is 302 g/mol. The average Bonchev–Trinajstić information content (AvgIpc) is 2.75. The van der Waals surface area contributed by atoms with E-state index in [4.69, 9.17) is 17.0 Å². The van der Waals surface area contributed by atoms with Crippen LogP contribution in [-0.2, 0) is 4.79 Å². The fourth-order valence-electron chi connectivity index (χ4n) is 1.77. The van der Waals surface area contributed by atoms with Crippen molar-refractivity contribution in [2.75, 3.05) is 32.1 Å². The molecule has 1 aromatic carbocycles. The van der Waals surface area contributed by atoms with E-state index >= 15 is 0 Å². The molecule has 0 bridgehead atoms. The summed E-state index contributed by atoms with van der Waals surface area (Å²) in [4.78, 5) is 13.7. The first-order chi connectivity index (χ1) is 8.70. The van der Waals surface area contributed by atoms with Crippen LogP contribution in [0.2, 0.25) is 0 Å². The van der Waals surface area contributed by atoms with Crippen molar-refractivity contribution >= 4 is 41.3 Å². The largest absolute Gasteiger partial charge is 0.495 e. The summed E-state index contributed by atoms with van der Waals surface area (Å²) in [5.74, 6) is 0.540. The maximum atomic E-state index is 11.9. The van der Waals surface area contributed by atoms with E-state index in [1.54, 1.807) is 19.2 Å². The Morgan fingerprint density at radius 3 is 2.89 bits per heavy atom. The topological polar surface area (TPSA) is 53.6 Å². The van der Waals surface area contributed by atoms with Crippen LogP contribution < -0.4 is 15.4 Å². The number of nitrogens with one attached hydrogen (secondary N) is 2. The monoisotopic (exact) mass is 301 g/mol. The second-order valence-electron chi connectivity index (χ2n) is 3.90. The number of hydrogen-bond donors (Lipinski definition) is 2. The van der Waals surface area contributed by atoms with E-state index in [1.165, 1.54) is 0 Å². The normalized spacial score (nSPS) is 13.5. The van der Waals surface area contributed by atoms with Crippen LogP contribution in [0.3, 0.4) is 0 Å². The Balaban J connectivity index is 0.00000180. The zero-order chi connectivity index (χ0) is 13.0. The molecule has 19 heavy (non-hydrogen) atoms. The summed E-state index contributed by atoms with van der Waals surface area (Å²) in [6.07, 6.45) is 0. The van der Waals surface area contributed by atoms with Crippen LogP contribution in [0.5, 0.6) is 5.75 Å². The van der Waals surface area contributed by atoms with Gasteiger partial charge in [0.15, 0.2) is 5.11 Å². The number of para-hydroxylation sites is 2. The summed E-state index contributed by atoms with van der Waals surface area (Å²) >= 11 is 5.08. The lowest BCUT2D eigenvalue weighted by Gasteiger charge is -2.16. The predicted octanol–water partition coefficient (Wildman–Crippen LogP) is 1.25. The third-order valence-corrected chi connectivity index (χ3v) is 3.06. The summed E-state index contributed by atoms with van der Waals surface area (Å²) in [7, 11) is 1.57. The molecule has 0 spiro atoms. The number of ether oxygens (including phenoxy) is 1. The van der Waals surface area contributed by atoms with Gasteiger partial charge in [0, 0.05) is 13.1 Å². The molecule has 7 heteroatoms. The van der Waals surface area contributed by atoms with Gasteiger partial charge in [-0.2, -0.15) is 0 Å². The smallest absolute Gasteiger partial charge is 0.244 e. The molecule has 1 amide bonds. The van der Waals surface area contributed by atoms with Crippen LogP contribution in [0, 0.1) is 0 Å². The predicted molar refractivity (Wildman–Crippen MR) is 81.0 cm³/mol. The molecule has 1 heterocycles. The Labute approximate surface area is 123 Å². The van der Waals surface area contributed by atoms with Crippen molar-refractivity contribution in [1.82, 2.24) is 10.2 Å². The molecule has 0 aromatic heterocycles. The first kappa shape index (κ1) is 15.5. The van der Waals surface area contributed by atoms with E-state index in [2.05, 4.69) is 10.6 Å². The molecule has 2 N–H and O–H groups in total. The summed E-state index contributed by atoms with van der Waals surface area (Å²) in [5.41, 5.74) is 0.670. The molecule has 0 radical (unpaired) electrons. The molecule has 1 aliphatic heterocycles. The second kappa shape index (κ2) is 7.16. The van der Waals surface area contributed by atoms with Gasteiger partial charge in [-0.25, -0.2) is 0 Å². The third kappa shape index (κ3) is 3.97. The number of nitrogens with zero attached hydrogens (tertiary/aromatic N) is 1. The number of methoxy groups -OCH3 is 1. The van der Waals surface area contributed by atoms with Crippen molar-refractivity contribution in [2.45, 2.75) is 0 Å². The van der Waals surface area contributed by atoms with Crippen molar-refractivity contribution < 1.29 is 9.53 Å². The number of thiocarbonyl (C=S) groups is 1. The molecule has 0 saturated carbocycles. The van der Waals surface area contributed by atoms with E-state index in [1.807, 2.05) is 17.0 Å². The number of hydrogen-bond acceptors (Lipinski definition) is 3. The number of benzene rings is 1. The highest BCUT2D eigenvalue weighted by atomic mass is 35.5. The van der Waals surface area contributed by atoms with Gasteiger partial charge in [0.2, 0.25) is 5.91 Å².